The number of carbonyl (C=O) groups excluding carboxylic acids is 1. The Morgan fingerprint density at radius 1 is 1.36 bits per heavy atom. The van der Waals surface area contributed by atoms with Gasteiger partial charge in [-0.05, 0) is 25.1 Å². The zero-order valence-corrected chi connectivity index (χ0v) is 16.1. The standard InChI is InChI=1S/C16H15ClN4O6S/c1-2-27-15(23)10-5-12(17)7-13(6-10)28(25,26)19-3-4-21-9-11(8-18)14(22)20-16(21)24/h5-7,9,19H,2-4H2,1H3,(H,20,22,24). The van der Waals surface area contributed by atoms with E-state index >= 15 is 0 Å². The Balaban J connectivity index is 2.19. The van der Waals surface area contributed by atoms with Crippen LogP contribution < -0.4 is 16.0 Å². The van der Waals surface area contributed by atoms with E-state index in [1.807, 2.05) is 4.98 Å². The molecule has 1 aromatic heterocycles. The first kappa shape index (κ1) is 21.4. The molecule has 0 atom stereocenters. The second-order valence-corrected chi connectivity index (χ2v) is 7.60. The predicted molar refractivity (Wildman–Crippen MR) is 98.6 cm³/mol. The third-order valence-corrected chi connectivity index (χ3v) is 5.13. The quantitative estimate of drug-likeness (QED) is 0.600. The van der Waals surface area contributed by atoms with E-state index in [0.29, 0.717) is 0 Å². The maximum Gasteiger partial charge on any atom is 0.338 e. The van der Waals surface area contributed by atoms with Crippen molar-refractivity contribution in [1.29, 1.82) is 5.26 Å². The minimum atomic E-state index is -4.06. The molecule has 0 aliphatic rings. The lowest BCUT2D eigenvalue weighted by atomic mass is 10.2. The first-order chi connectivity index (χ1) is 13.2. The van der Waals surface area contributed by atoms with Crippen molar-refractivity contribution in [2.24, 2.45) is 0 Å². The van der Waals surface area contributed by atoms with Crippen molar-refractivity contribution in [3.63, 3.8) is 0 Å². The smallest absolute Gasteiger partial charge is 0.338 e. The first-order valence-corrected chi connectivity index (χ1v) is 9.75. The molecule has 10 nitrogen and oxygen atoms in total. The largest absolute Gasteiger partial charge is 0.462 e. The molecule has 0 bridgehead atoms. The van der Waals surface area contributed by atoms with Crippen LogP contribution in [-0.2, 0) is 21.3 Å². The van der Waals surface area contributed by atoms with Gasteiger partial charge in [-0.1, -0.05) is 11.6 Å². The topological polar surface area (TPSA) is 151 Å². The maximum absolute atomic E-state index is 12.5. The van der Waals surface area contributed by atoms with Gasteiger partial charge in [0.15, 0.2) is 0 Å². The van der Waals surface area contributed by atoms with Crippen LogP contribution in [0.1, 0.15) is 22.8 Å². The van der Waals surface area contributed by atoms with Crippen molar-refractivity contribution in [2.75, 3.05) is 13.2 Å². The third kappa shape index (κ3) is 5.07. The Bertz CT molecular complexity index is 1160. The molecule has 0 radical (unpaired) electrons. The number of benzene rings is 1. The van der Waals surface area contributed by atoms with Gasteiger partial charge < -0.3 is 4.74 Å². The van der Waals surface area contributed by atoms with Crippen molar-refractivity contribution in [3.05, 3.63) is 61.4 Å². The summed E-state index contributed by atoms with van der Waals surface area (Å²) in [7, 11) is -4.06. The summed E-state index contributed by atoms with van der Waals surface area (Å²) in [5.41, 5.74) is -1.91. The van der Waals surface area contributed by atoms with Crippen LogP contribution >= 0.6 is 11.6 Å². The number of nitrogens with one attached hydrogen (secondary N) is 2. The van der Waals surface area contributed by atoms with Crippen LogP contribution in [0.15, 0.2) is 38.9 Å². The highest BCUT2D eigenvalue weighted by molar-refractivity contribution is 7.89. The Hall–Kier alpha value is -2.94. The van der Waals surface area contributed by atoms with Crippen LogP contribution in [0.2, 0.25) is 5.02 Å². The fraction of sp³-hybridized carbons (Fsp3) is 0.250. The highest BCUT2D eigenvalue weighted by Crippen LogP contribution is 2.19. The Morgan fingerprint density at radius 3 is 2.71 bits per heavy atom. The fourth-order valence-corrected chi connectivity index (χ4v) is 3.58. The van der Waals surface area contributed by atoms with Gasteiger partial charge in [0.2, 0.25) is 10.0 Å². The van der Waals surface area contributed by atoms with Crippen LogP contribution in [0.4, 0.5) is 0 Å². The molecule has 28 heavy (non-hydrogen) atoms. The highest BCUT2D eigenvalue weighted by Gasteiger charge is 2.18. The number of aromatic nitrogens is 2. The number of hydrogen-bond donors (Lipinski definition) is 2. The number of esters is 1. The molecule has 0 spiro atoms. The van der Waals surface area contributed by atoms with Gasteiger partial charge in [0.05, 0.1) is 17.1 Å². The van der Waals surface area contributed by atoms with Gasteiger partial charge in [-0.15, -0.1) is 0 Å². The van der Waals surface area contributed by atoms with Gasteiger partial charge in [0.1, 0.15) is 11.6 Å². The number of nitriles is 1. The number of sulfonamides is 1. The molecule has 0 aliphatic heterocycles. The summed E-state index contributed by atoms with van der Waals surface area (Å²) in [6.45, 7) is 1.36. The van der Waals surface area contributed by atoms with E-state index in [4.69, 9.17) is 21.6 Å². The van der Waals surface area contributed by atoms with Gasteiger partial charge in [0.25, 0.3) is 5.56 Å². The first-order valence-electron chi connectivity index (χ1n) is 7.89. The van der Waals surface area contributed by atoms with Crippen molar-refractivity contribution < 1.29 is 17.9 Å². The van der Waals surface area contributed by atoms with Crippen LogP contribution in [0.25, 0.3) is 0 Å². The number of H-pyrrole nitrogens is 1. The monoisotopic (exact) mass is 426 g/mol. The van der Waals surface area contributed by atoms with E-state index in [-0.39, 0.29) is 40.7 Å². The van der Waals surface area contributed by atoms with Crippen molar-refractivity contribution in [2.45, 2.75) is 18.4 Å². The molecule has 0 amide bonds. The molecule has 0 saturated heterocycles. The lowest BCUT2D eigenvalue weighted by Crippen LogP contribution is -2.35. The summed E-state index contributed by atoms with van der Waals surface area (Å²) >= 11 is 5.89. The molecule has 1 aromatic carbocycles. The Morgan fingerprint density at radius 2 is 2.07 bits per heavy atom. The SMILES string of the molecule is CCOC(=O)c1cc(Cl)cc(S(=O)(=O)NCCn2cc(C#N)c(=O)[nH]c2=O)c1. The molecule has 1 heterocycles. The summed E-state index contributed by atoms with van der Waals surface area (Å²) in [4.78, 5) is 36.6. The number of halogens is 1. The van der Waals surface area contributed by atoms with Crippen LogP contribution in [0.3, 0.4) is 0 Å². The summed E-state index contributed by atoms with van der Waals surface area (Å²) < 4.78 is 33.0. The van der Waals surface area contributed by atoms with E-state index in [9.17, 15) is 22.8 Å². The summed E-state index contributed by atoms with van der Waals surface area (Å²) in [5.74, 6) is -0.717. The fourth-order valence-electron chi connectivity index (χ4n) is 2.19. The minimum Gasteiger partial charge on any atom is -0.462 e. The lowest BCUT2D eigenvalue weighted by Gasteiger charge is -2.10. The van der Waals surface area contributed by atoms with Crippen LogP contribution in [-0.4, -0.2) is 37.1 Å². The van der Waals surface area contributed by atoms with Gasteiger partial charge in [-0.3, -0.25) is 14.3 Å². The molecule has 2 N–H and O–H groups in total. The maximum atomic E-state index is 12.5. The number of ether oxygens (including phenoxy) is 1. The second-order valence-electron chi connectivity index (χ2n) is 5.40. The van der Waals surface area contributed by atoms with E-state index in [1.54, 1.807) is 13.0 Å². The van der Waals surface area contributed by atoms with Gasteiger partial charge in [-0.25, -0.2) is 22.7 Å². The molecule has 148 valence electrons. The predicted octanol–water partition coefficient (Wildman–Crippen LogP) is 0.217. The minimum absolute atomic E-state index is 0.0229. The number of aromatic amines is 1. The highest BCUT2D eigenvalue weighted by atomic mass is 35.5. The van der Waals surface area contributed by atoms with Crippen molar-refractivity contribution in [1.82, 2.24) is 14.3 Å². The molecule has 0 unspecified atom stereocenters. The molecular weight excluding hydrogens is 412 g/mol. The Kier molecular flexibility index (Phi) is 6.74. The van der Waals surface area contributed by atoms with Crippen molar-refractivity contribution >= 4 is 27.6 Å². The summed E-state index contributed by atoms with van der Waals surface area (Å²) in [5, 5.41) is 8.85. The average molecular weight is 427 g/mol. The van der Waals surface area contributed by atoms with Crippen LogP contribution in [0.5, 0.6) is 0 Å². The normalized spacial score (nSPS) is 11.0. The summed E-state index contributed by atoms with van der Waals surface area (Å²) in [6.07, 6.45) is 1.04. The summed E-state index contributed by atoms with van der Waals surface area (Å²) in [6, 6.07) is 5.18. The van der Waals surface area contributed by atoms with E-state index < -0.39 is 27.2 Å². The Labute approximate surface area is 164 Å². The number of hydrogen-bond acceptors (Lipinski definition) is 7. The third-order valence-electron chi connectivity index (χ3n) is 3.47. The van der Waals surface area contributed by atoms with E-state index in [1.165, 1.54) is 6.07 Å². The molecule has 12 heteroatoms. The van der Waals surface area contributed by atoms with Gasteiger partial charge in [-0.2, -0.15) is 5.26 Å². The molecule has 2 rings (SSSR count). The lowest BCUT2D eigenvalue weighted by molar-refractivity contribution is 0.0526. The van der Waals surface area contributed by atoms with Crippen molar-refractivity contribution in [3.8, 4) is 6.07 Å². The van der Waals surface area contributed by atoms with Gasteiger partial charge in [0, 0.05) is 24.3 Å². The van der Waals surface area contributed by atoms with E-state index in [0.717, 1.165) is 22.9 Å². The zero-order valence-electron chi connectivity index (χ0n) is 14.6. The zero-order chi connectivity index (χ0) is 20.9. The number of carbonyl (C=O) groups is 1. The van der Waals surface area contributed by atoms with Crippen LogP contribution in [0, 0.1) is 11.3 Å². The van der Waals surface area contributed by atoms with Gasteiger partial charge >= 0.3 is 11.7 Å². The molecule has 0 aliphatic carbocycles. The molecule has 0 fully saturated rings. The number of rotatable bonds is 7. The average Bonchev–Trinajstić information content (AvgIpc) is 2.63. The molecule has 2 aromatic rings. The second kappa shape index (κ2) is 8.83. The molecule has 0 saturated carbocycles. The van der Waals surface area contributed by atoms with E-state index in [2.05, 4.69) is 4.72 Å². The molecular formula is C16H15ClN4O6S. The number of nitrogens with zero attached hydrogens (tertiary/aromatic N) is 2.